The van der Waals surface area contributed by atoms with Crippen molar-refractivity contribution in [1.29, 1.82) is 0 Å². The molecule has 22 heavy (non-hydrogen) atoms. The van der Waals surface area contributed by atoms with Crippen LogP contribution in [0.3, 0.4) is 0 Å². The molecule has 1 heterocycles. The summed E-state index contributed by atoms with van der Waals surface area (Å²) in [6.45, 7) is 5.75. The molecule has 2 rings (SSSR count). The third-order valence-corrected chi connectivity index (χ3v) is 4.22. The van der Waals surface area contributed by atoms with Gasteiger partial charge in [0, 0.05) is 18.5 Å². The van der Waals surface area contributed by atoms with Gasteiger partial charge in [0.15, 0.2) is 0 Å². The van der Waals surface area contributed by atoms with E-state index in [2.05, 4.69) is 4.98 Å². The Morgan fingerprint density at radius 1 is 1.14 bits per heavy atom. The van der Waals surface area contributed by atoms with Gasteiger partial charge in [0.1, 0.15) is 11.9 Å². The molecule has 0 bridgehead atoms. The Morgan fingerprint density at radius 3 is 2.32 bits per heavy atom. The first-order valence-corrected chi connectivity index (χ1v) is 7.80. The highest BCUT2D eigenvalue weighted by molar-refractivity contribution is 6.43. The average Bonchev–Trinajstić information content (AvgIpc) is 2.93. The number of ether oxygens (including phenoxy) is 1. The van der Waals surface area contributed by atoms with Crippen molar-refractivity contribution in [2.75, 3.05) is 0 Å². The topological polar surface area (TPSA) is 47.3 Å². The van der Waals surface area contributed by atoms with Crippen LogP contribution in [0.15, 0.2) is 30.9 Å². The van der Waals surface area contributed by atoms with Crippen LogP contribution in [0.5, 0.6) is 5.75 Å². The maximum absolute atomic E-state index is 10.6. The lowest BCUT2D eigenvalue weighted by atomic mass is 9.88. The fourth-order valence-corrected chi connectivity index (χ4v) is 2.44. The third-order valence-electron chi connectivity index (χ3n) is 3.20. The first-order chi connectivity index (χ1) is 10.2. The van der Waals surface area contributed by atoms with Gasteiger partial charge in [0.25, 0.3) is 0 Å². The molecule has 7 heteroatoms. The van der Waals surface area contributed by atoms with E-state index in [1.807, 2.05) is 20.8 Å². The summed E-state index contributed by atoms with van der Waals surface area (Å²) in [5.74, 6) is 0.345. The Labute approximate surface area is 144 Å². The standard InChI is InChI=1S/C15H17Cl3N2O2/c1-15(2,3)13(21)14(20-5-4-19-8-20)22-12-7-10(17)9(16)6-11(12)18/h4-8,13-14,21H,1-3H3. The maximum atomic E-state index is 10.6. The van der Waals surface area contributed by atoms with Crippen molar-refractivity contribution in [1.82, 2.24) is 9.55 Å². The molecule has 1 N–H and O–H groups in total. The molecule has 2 aromatic rings. The fraction of sp³-hybridized carbons (Fsp3) is 0.400. The fourth-order valence-electron chi connectivity index (χ4n) is 1.86. The van der Waals surface area contributed by atoms with Crippen LogP contribution >= 0.6 is 34.8 Å². The molecule has 1 aromatic carbocycles. The zero-order valence-electron chi connectivity index (χ0n) is 12.4. The van der Waals surface area contributed by atoms with Crippen molar-refractivity contribution in [3.8, 4) is 5.75 Å². The van der Waals surface area contributed by atoms with Crippen LogP contribution in [0.4, 0.5) is 0 Å². The van der Waals surface area contributed by atoms with E-state index in [-0.39, 0.29) is 0 Å². The van der Waals surface area contributed by atoms with Gasteiger partial charge in [-0.05, 0) is 11.5 Å². The second-order valence-corrected chi connectivity index (χ2v) is 7.25. The highest BCUT2D eigenvalue weighted by atomic mass is 35.5. The van der Waals surface area contributed by atoms with Crippen LogP contribution in [0.1, 0.15) is 27.0 Å². The third kappa shape index (κ3) is 3.87. The number of aliphatic hydroxyl groups is 1. The SMILES string of the molecule is CC(C)(C)C(O)C(Oc1cc(Cl)c(Cl)cc1Cl)n1ccnc1. The molecule has 120 valence electrons. The second kappa shape index (κ2) is 6.67. The van der Waals surface area contributed by atoms with Gasteiger partial charge in [-0.15, -0.1) is 0 Å². The molecule has 2 atom stereocenters. The Morgan fingerprint density at radius 2 is 1.77 bits per heavy atom. The molecule has 2 unspecified atom stereocenters. The molecule has 0 fully saturated rings. The highest BCUT2D eigenvalue weighted by Crippen LogP contribution is 2.37. The van der Waals surface area contributed by atoms with Crippen LogP contribution in [-0.2, 0) is 0 Å². The minimum Gasteiger partial charge on any atom is -0.466 e. The lowest BCUT2D eigenvalue weighted by molar-refractivity contribution is -0.0674. The van der Waals surface area contributed by atoms with Gasteiger partial charge in [-0.1, -0.05) is 55.6 Å². The molecule has 1 aromatic heterocycles. The van der Waals surface area contributed by atoms with Crippen molar-refractivity contribution >= 4 is 34.8 Å². The van der Waals surface area contributed by atoms with Crippen molar-refractivity contribution in [2.45, 2.75) is 33.1 Å². The van der Waals surface area contributed by atoms with Crippen molar-refractivity contribution in [3.63, 3.8) is 0 Å². The first-order valence-electron chi connectivity index (χ1n) is 6.67. The smallest absolute Gasteiger partial charge is 0.203 e. The van der Waals surface area contributed by atoms with Gasteiger partial charge >= 0.3 is 0 Å². The summed E-state index contributed by atoms with van der Waals surface area (Å²) in [6, 6.07) is 3.04. The van der Waals surface area contributed by atoms with Crippen molar-refractivity contribution in [2.24, 2.45) is 5.41 Å². The predicted octanol–water partition coefficient (Wildman–Crippen LogP) is 4.83. The zero-order chi connectivity index (χ0) is 16.5. The summed E-state index contributed by atoms with van der Waals surface area (Å²) < 4.78 is 7.59. The number of rotatable bonds is 4. The predicted molar refractivity (Wildman–Crippen MR) is 88.8 cm³/mol. The van der Waals surface area contributed by atoms with E-state index >= 15 is 0 Å². The second-order valence-electron chi connectivity index (χ2n) is 6.03. The van der Waals surface area contributed by atoms with E-state index in [0.29, 0.717) is 20.8 Å². The number of hydrogen-bond acceptors (Lipinski definition) is 3. The zero-order valence-corrected chi connectivity index (χ0v) is 14.7. The van der Waals surface area contributed by atoms with Gasteiger partial charge in [-0.3, -0.25) is 4.57 Å². The van der Waals surface area contributed by atoms with E-state index in [4.69, 9.17) is 39.5 Å². The van der Waals surface area contributed by atoms with E-state index in [9.17, 15) is 5.11 Å². The van der Waals surface area contributed by atoms with Crippen LogP contribution in [0, 0.1) is 5.41 Å². The molecular weight excluding hydrogens is 347 g/mol. The summed E-state index contributed by atoms with van der Waals surface area (Å²) >= 11 is 18.1. The molecule has 0 spiro atoms. The van der Waals surface area contributed by atoms with E-state index in [1.54, 1.807) is 23.3 Å². The number of hydrogen-bond donors (Lipinski definition) is 1. The molecule has 0 saturated heterocycles. The van der Waals surface area contributed by atoms with Gasteiger partial charge in [0.05, 0.1) is 21.4 Å². The quantitative estimate of drug-likeness (QED) is 0.792. The van der Waals surface area contributed by atoms with E-state index in [0.717, 1.165) is 0 Å². The van der Waals surface area contributed by atoms with Gasteiger partial charge in [-0.25, -0.2) is 4.98 Å². The van der Waals surface area contributed by atoms with Gasteiger partial charge in [0.2, 0.25) is 6.23 Å². The summed E-state index contributed by atoms with van der Waals surface area (Å²) in [5.41, 5.74) is -0.405. The molecule has 0 saturated carbocycles. The maximum Gasteiger partial charge on any atom is 0.203 e. The molecule has 0 aliphatic heterocycles. The van der Waals surface area contributed by atoms with Crippen molar-refractivity contribution in [3.05, 3.63) is 45.9 Å². The van der Waals surface area contributed by atoms with Crippen molar-refractivity contribution < 1.29 is 9.84 Å². The van der Waals surface area contributed by atoms with E-state index < -0.39 is 17.7 Å². The van der Waals surface area contributed by atoms with Crippen LogP contribution < -0.4 is 4.74 Å². The minimum atomic E-state index is -0.799. The molecule has 0 aliphatic rings. The Balaban J connectivity index is 2.38. The number of aliphatic hydroxyl groups excluding tert-OH is 1. The minimum absolute atomic E-state index is 0.320. The first kappa shape index (κ1) is 17.4. The number of nitrogens with zero attached hydrogens (tertiary/aromatic N) is 2. The monoisotopic (exact) mass is 362 g/mol. The lowest BCUT2D eigenvalue weighted by Crippen LogP contribution is -2.38. The number of imidazole rings is 1. The molecule has 0 amide bonds. The Kier molecular flexibility index (Phi) is 5.28. The molecule has 4 nitrogen and oxygen atoms in total. The molecular formula is C15H17Cl3N2O2. The summed E-state index contributed by atoms with van der Waals surface area (Å²) in [5, 5.41) is 11.6. The largest absolute Gasteiger partial charge is 0.466 e. The average molecular weight is 364 g/mol. The highest BCUT2D eigenvalue weighted by Gasteiger charge is 2.33. The number of aromatic nitrogens is 2. The summed E-state index contributed by atoms with van der Waals surface area (Å²) in [7, 11) is 0. The van der Waals surface area contributed by atoms with Gasteiger partial charge < -0.3 is 9.84 Å². The Bertz CT molecular complexity index is 639. The van der Waals surface area contributed by atoms with Crippen LogP contribution in [0.2, 0.25) is 15.1 Å². The normalized spacial score (nSPS) is 14.7. The summed E-state index contributed by atoms with van der Waals surface area (Å²) in [4.78, 5) is 3.99. The number of halogens is 3. The number of benzene rings is 1. The van der Waals surface area contributed by atoms with Crippen LogP contribution in [0.25, 0.3) is 0 Å². The molecule has 0 aliphatic carbocycles. The summed E-state index contributed by atoms with van der Waals surface area (Å²) in [6.07, 6.45) is 3.41. The lowest BCUT2D eigenvalue weighted by Gasteiger charge is -2.33. The van der Waals surface area contributed by atoms with Gasteiger partial charge in [-0.2, -0.15) is 0 Å². The van der Waals surface area contributed by atoms with Crippen LogP contribution in [-0.4, -0.2) is 20.8 Å². The Hall–Kier alpha value is -0.940. The van der Waals surface area contributed by atoms with E-state index in [1.165, 1.54) is 12.1 Å². The molecule has 0 radical (unpaired) electrons.